The van der Waals surface area contributed by atoms with Crippen LogP contribution in [0.4, 0.5) is 5.69 Å². The number of hydrogen-bond acceptors (Lipinski definition) is 3. The first-order valence-electron chi connectivity index (χ1n) is 4.77. The zero-order valence-electron chi connectivity index (χ0n) is 8.27. The molecule has 2 heterocycles. The van der Waals surface area contributed by atoms with E-state index in [4.69, 9.17) is 4.74 Å². The lowest BCUT2D eigenvalue weighted by Crippen LogP contribution is -2.40. The minimum Gasteiger partial charge on any atom is -0.378 e. The Labute approximate surface area is 82.7 Å². The normalized spacial score (nSPS) is 17.1. The Morgan fingerprint density at radius 1 is 1.36 bits per heavy atom. The van der Waals surface area contributed by atoms with Crippen LogP contribution in [-0.2, 0) is 11.8 Å². The van der Waals surface area contributed by atoms with E-state index in [1.165, 1.54) is 0 Å². The lowest BCUT2D eigenvalue weighted by Gasteiger charge is -2.28. The molecule has 1 aliphatic rings. The van der Waals surface area contributed by atoms with Crippen LogP contribution >= 0.6 is 0 Å². The van der Waals surface area contributed by atoms with Gasteiger partial charge in [-0.3, -0.25) is 4.79 Å². The molecule has 0 saturated carbocycles. The van der Waals surface area contributed by atoms with Crippen LogP contribution in [0.5, 0.6) is 0 Å². The zero-order chi connectivity index (χ0) is 9.97. The van der Waals surface area contributed by atoms with Crippen molar-refractivity contribution >= 4 is 5.69 Å². The molecule has 0 aromatic carbocycles. The fraction of sp³-hybridized carbons (Fsp3) is 0.500. The van der Waals surface area contributed by atoms with E-state index in [1.807, 2.05) is 12.1 Å². The highest BCUT2D eigenvalue weighted by Crippen LogP contribution is 2.08. The van der Waals surface area contributed by atoms with Crippen LogP contribution in [-0.4, -0.2) is 30.9 Å². The Bertz CT molecular complexity index is 367. The summed E-state index contributed by atoms with van der Waals surface area (Å²) >= 11 is 0. The molecule has 0 amide bonds. The summed E-state index contributed by atoms with van der Waals surface area (Å²) in [5, 5.41) is 0. The molecule has 1 aromatic rings. The van der Waals surface area contributed by atoms with E-state index in [0.29, 0.717) is 13.2 Å². The minimum atomic E-state index is 0.0643. The Morgan fingerprint density at radius 2 is 2.07 bits per heavy atom. The number of aromatic nitrogens is 1. The summed E-state index contributed by atoms with van der Waals surface area (Å²) in [6.45, 7) is 3.02. The highest BCUT2D eigenvalue weighted by Gasteiger charge is 2.13. The highest BCUT2D eigenvalue weighted by molar-refractivity contribution is 5.44. The number of pyridine rings is 1. The topological polar surface area (TPSA) is 34.5 Å². The van der Waals surface area contributed by atoms with Crippen LogP contribution in [0.3, 0.4) is 0 Å². The minimum absolute atomic E-state index is 0.0643. The molecule has 0 aliphatic carbocycles. The molecule has 0 spiro atoms. The van der Waals surface area contributed by atoms with Gasteiger partial charge in [0.15, 0.2) is 0 Å². The van der Waals surface area contributed by atoms with Gasteiger partial charge in [-0.15, -0.1) is 0 Å². The Balaban J connectivity index is 2.31. The maximum atomic E-state index is 11.7. The van der Waals surface area contributed by atoms with Crippen molar-refractivity contribution in [1.29, 1.82) is 0 Å². The van der Waals surface area contributed by atoms with E-state index < -0.39 is 0 Å². The second kappa shape index (κ2) is 3.84. The van der Waals surface area contributed by atoms with Crippen molar-refractivity contribution in [2.24, 2.45) is 7.05 Å². The van der Waals surface area contributed by atoms with Crippen LogP contribution in [0.1, 0.15) is 0 Å². The molecule has 1 aromatic heterocycles. The molecule has 1 fully saturated rings. The van der Waals surface area contributed by atoms with E-state index in [9.17, 15) is 4.79 Å². The summed E-state index contributed by atoms with van der Waals surface area (Å²) in [7, 11) is 1.77. The smallest absolute Gasteiger partial charge is 0.273 e. The molecule has 0 N–H and O–H groups in total. The molecule has 1 saturated heterocycles. The number of anilines is 1. The third kappa shape index (κ3) is 1.65. The lowest BCUT2D eigenvalue weighted by atomic mass is 10.3. The monoisotopic (exact) mass is 194 g/mol. The molecule has 4 nitrogen and oxygen atoms in total. The largest absolute Gasteiger partial charge is 0.378 e. The van der Waals surface area contributed by atoms with Gasteiger partial charge in [-0.2, -0.15) is 0 Å². The van der Waals surface area contributed by atoms with Gasteiger partial charge in [0.05, 0.1) is 13.2 Å². The Hall–Kier alpha value is -1.29. The first-order chi connectivity index (χ1) is 6.79. The summed E-state index contributed by atoms with van der Waals surface area (Å²) in [6, 6.07) is 3.76. The van der Waals surface area contributed by atoms with Gasteiger partial charge in [0, 0.05) is 26.3 Å². The van der Waals surface area contributed by atoms with Crippen LogP contribution in [0, 0.1) is 0 Å². The predicted molar refractivity (Wildman–Crippen MR) is 54.7 cm³/mol. The number of nitrogens with zero attached hydrogens (tertiary/aromatic N) is 2. The molecule has 0 unspecified atom stereocenters. The van der Waals surface area contributed by atoms with Gasteiger partial charge in [0.2, 0.25) is 0 Å². The maximum Gasteiger partial charge on any atom is 0.273 e. The third-order valence-corrected chi connectivity index (χ3v) is 2.46. The second-order valence-corrected chi connectivity index (χ2v) is 3.41. The quantitative estimate of drug-likeness (QED) is 0.641. The molecule has 14 heavy (non-hydrogen) atoms. The summed E-state index contributed by atoms with van der Waals surface area (Å²) < 4.78 is 6.84. The van der Waals surface area contributed by atoms with E-state index in [0.717, 1.165) is 18.8 Å². The van der Waals surface area contributed by atoms with Crippen molar-refractivity contribution in [1.82, 2.24) is 4.57 Å². The van der Waals surface area contributed by atoms with Gasteiger partial charge >= 0.3 is 0 Å². The number of aryl methyl sites for hydroxylation is 1. The fourth-order valence-corrected chi connectivity index (χ4v) is 1.63. The van der Waals surface area contributed by atoms with Gasteiger partial charge in [0.25, 0.3) is 5.56 Å². The van der Waals surface area contributed by atoms with E-state index in [2.05, 4.69) is 4.90 Å². The molecule has 0 bridgehead atoms. The number of morpholine rings is 1. The summed E-state index contributed by atoms with van der Waals surface area (Å²) in [5.74, 6) is 0. The summed E-state index contributed by atoms with van der Waals surface area (Å²) in [5.41, 5.74) is 0.840. The zero-order valence-corrected chi connectivity index (χ0v) is 8.27. The van der Waals surface area contributed by atoms with Crippen molar-refractivity contribution in [2.75, 3.05) is 31.2 Å². The highest BCUT2D eigenvalue weighted by atomic mass is 16.5. The van der Waals surface area contributed by atoms with Gasteiger partial charge in [0.1, 0.15) is 5.69 Å². The van der Waals surface area contributed by atoms with Crippen molar-refractivity contribution < 1.29 is 4.74 Å². The van der Waals surface area contributed by atoms with Gasteiger partial charge in [-0.1, -0.05) is 0 Å². The maximum absolute atomic E-state index is 11.7. The van der Waals surface area contributed by atoms with Gasteiger partial charge < -0.3 is 14.2 Å². The molecular weight excluding hydrogens is 180 g/mol. The summed E-state index contributed by atoms with van der Waals surface area (Å²) in [6.07, 6.45) is 1.77. The average Bonchev–Trinajstić information content (AvgIpc) is 2.23. The number of rotatable bonds is 1. The lowest BCUT2D eigenvalue weighted by molar-refractivity contribution is 0.122. The first-order valence-corrected chi connectivity index (χ1v) is 4.77. The fourth-order valence-electron chi connectivity index (χ4n) is 1.63. The molecule has 4 heteroatoms. The molecule has 0 atom stereocenters. The van der Waals surface area contributed by atoms with E-state index >= 15 is 0 Å². The second-order valence-electron chi connectivity index (χ2n) is 3.41. The van der Waals surface area contributed by atoms with Crippen LogP contribution in [0.15, 0.2) is 23.1 Å². The molecular formula is C10H14N2O2. The van der Waals surface area contributed by atoms with Crippen molar-refractivity contribution in [3.63, 3.8) is 0 Å². The molecule has 1 aliphatic heterocycles. The van der Waals surface area contributed by atoms with Gasteiger partial charge in [-0.25, -0.2) is 0 Å². The predicted octanol–water partition coefficient (Wildman–Crippen LogP) is 0.222. The van der Waals surface area contributed by atoms with Crippen LogP contribution in [0.2, 0.25) is 0 Å². The van der Waals surface area contributed by atoms with Crippen LogP contribution in [0.25, 0.3) is 0 Å². The number of ether oxygens (including phenoxy) is 1. The van der Waals surface area contributed by atoms with E-state index in [1.54, 1.807) is 17.8 Å². The van der Waals surface area contributed by atoms with Gasteiger partial charge in [-0.05, 0) is 12.1 Å². The first kappa shape index (κ1) is 9.27. The van der Waals surface area contributed by atoms with Crippen molar-refractivity contribution in [3.05, 3.63) is 28.7 Å². The average molecular weight is 194 g/mol. The molecule has 2 rings (SSSR count). The van der Waals surface area contributed by atoms with Crippen molar-refractivity contribution in [2.45, 2.75) is 0 Å². The molecule has 76 valence electrons. The molecule has 0 radical (unpaired) electrons. The van der Waals surface area contributed by atoms with E-state index in [-0.39, 0.29) is 5.56 Å². The Morgan fingerprint density at radius 3 is 2.79 bits per heavy atom. The SMILES string of the molecule is Cn1cccc(N2CCOCC2)c1=O. The Kier molecular flexibility index (Phi) is 2.54. The standard InChI is InChI=1S/C10H14N2O2/c1-11-4-2-3-9(10(11)13)12-5-7-14-8-6-12/h2-4H,5-8H2,1H3. The number of hydrogen-bond donors (Lipinski definition) is 0. The van der Waals surface area contributed by atoms with Crippen molar-refractivity contribution in [3.8, 4) is 0 Å². The third-order valence-electron chi connectivity index (χ3n) is 2.46. The summed E-state index contributed by atoms with van der Waals surface area (Å²) in [4.78, 5) is 13.8. The van der Waals surface area contributed by atoms with Crippen LogP contribution < -0.4 is 10.5 Å².